The fourth-order valence-electron chi connectivity index (χ4n) is 3.55. The van der Waals surface area contributed by atoms with Crippen LogP contribution in [0.2, 0.25) is 0 Å². The van der Waals surface area contributed by atoms with Crippen molar-refractivity contribution < 1.29 is 4.79 Å². The van der Waals surface area contributed by atoms with Crippen LogP contribution in [0, 0.1) is 0 Å². The first-order chi connectivity index (χ1) is 9.79. The van der Waals surface area contributed by atoms with Crippen LogP contribution in [0.25, 0.3) is 0 Å². The number of imidazole rings is 1. The number of carbonyl (C=O) groups is 1. The van der Waals surface area contributed by atoms with Crippen LogP contribution >= 0.6 is 0 Å². The number of hydrogen-bond donors (Lipinski definition) is 0. The molecule has 0 aliphatic carbocycles. The molecule has 0 N–H and O–H groups in total. The largest absolute Gasteiger partial charge is 0.343 e. The number of aryl methyl sites for hydroxylation is 1. The van der Waals surface area contributed by atoms with Crippen molar-refractivity contribution in [2.45, 2.75) is 64.3 Å². The highest BCUT2D eigenvalue weighted by Crippen LogP contribution is 2.30. The van der Waals surface area contributed by atoms with E-state index in [0.717, 1.165) is 38.9 Å². The number of fused-ring (bicyclic) bond motifs is 1. The maximum absolute atomic E-state index is 11.9. The van der Waals surface area contributed by atoms with Gasteiger partial charge in [-0.05, 0) is 38.5 Å². The molecule has 3 heterocycles. The summed E-state index contributed by atoms with van der Waals surface area (Å²) in [5, 5.41) is 0. The summed E-state index contributed by atoms with van der Waals surface area (Å²) in [5.41, 5.74) is 1.41. The number of aromatic nitrogens is 2. The summed E-state index contributed by atoms with van der Waals surface area (Å²) in [5.74, 6) is 2.16. The minimum absolute atomic E-state index is 0.330. The third-order valence-corrected chi connectivity index (χ3v) is 4.71. The molecule has 1 fully saturated rings. The topological polar surface area (TPSA) is 38.1 Å². The van der Waals surface area contributed by atoms with Crippen molar-refractivity contribution in [3.63, 3.8) is 0 Å². The predicted octanol–water partition coefficient (Wildman–Crippen LogP) is 2.73. The van der Waals surface area contributed by atoms with E-state index in [-0.39, 0.29) is 0 Å². The third kappa shape index (κ3) is 2.60. The van der Waals surface area contributed by atoms with Gasteiger partial charge in [0.25, 0.3) is 0 Å². The van der Waals surface area contributed by atoms with Crippen molar-refractivity contribution in [3.8, 4) is 0 Å². The van der Waals surface area contributed by atoms with Crippen molar-refractivity contribution in [1.29, 1.82) is 0 Å². The lowest BCUT2D eigenvalue weighted by atomic mass is 9.95. The summed E-state index contributed by atoms with van der Waals surface area (Å²) in [7, 11) is 0. The van der Waals surface area contributed by atoms with Gasteiger partial charge in [0.05, 0.1) is 0 Å². The van der Waals surface area contributed by atoms with Gasteiger partial charge in [-0.15, -0.1) is 0 Å². The summed E-state index contributed by atoms with van der Waals surface area (Å²) < 4.78 is 2.44. The van der Waals surface area contributed by atoms with Gasteiger partial charge in [-0.3, -0.25) is 4.79 Å². The summed E-state index contributed by atoms with van der Waals surface area (Å²) in [6.45, 7) is 5.03. The van der Waals surface area contributed by atoms with E-state index in [0.29, 0.717) is 18.2 Å². The molecule has 1 amide bonds. The van der Waals surface area contributed by atoms with Crippen LogP contribution < -0.4 is 0 Å². The molecule has 4 heteroatoms. The third-order valence-electron chi connectivity index (χ3n) is 4.71. The summed E-state index contributed by atoms with van der Waals surface area (Å²) in [4.78, 5) is 18.7. The average molecular weight is 275 g/mol. The number of carbonyl (C=O) groups excluding carboxylic acids is 1. The molecule has 1 aromatic heterocycles. The van der Waals surface area contributed by atoms with Crippen molar-refractivity contribution in [2.75, 3.05) is 13.1 Å². The molecule has 0 atom stereocenters. The first-order valence-corrected chi connectivity index (χ1v) is 8.11. The van der Waals surface area contributed by atoms with Crippen LogP contribution in [0.5, 0.6) is 0 Å². The average Bonchev–Trinajstić information content (AvgIpc) is 2.92. The Morgan fingerprint density at radius 2 is 2.10 bits per heavy atom. The van der Waals surface area contributed by atoms with Gasteiger partial charge in [-0.1, -0.05) is 6.92 Å². The molecule has 0 radical (unpaired) electrons. The monoisotopic (exact) mass is 275 g/mol. The van der Waals surface area contributed by atoms with E-state index < -0.39 is 0 Å². The number of piperidine rings is 1. The van der Waals surface area contributed by atoms with Crippen LogP contribution in [-0.4, -0.2) is 33.4 Å². The number of amides is 1. The summed E-state index contributed by atoms with van der Waals surface area (Å²) >= 11 is 0. The van der Waals surface area contributed by atoms with Gasteiger partial charge in [0.2, 0.25) is 5.91 Å². The van der Waals surface area contributed by atoms with Gasteiger partial charge in [-0.2, -0.15) is 0 Å². The first-order valence-electron chi connectivity index (χ1n) is 8.11. The smallest absolute Gasteiger partial charge is 0.222 e. The molecule has 0 saturated carbocycles. The Bertz CT molecular complexity index is 472. The van der Waals surface area contributed by atoms with Gasteiger partial charge in [0, 0.05) is 43.9 Å². The molecule has 2 aliphatic rings. The lowest BCUT2D eigenvalue weighted by molar-refractivity contribution is -0.132. The highest BCUT2D eigenvalue weighted by Gasteiger charge is 2.27. The molecule has 20 heavy (non-hydrogen) atoms. The quantitative estimate of drug-likeness (QED) is 0.850. The molecule has 3 rings (SSSR count). The molecule has 4 nitrogen and oxygen atoms in total. The Morgan fingerprint density at radius 3 is 2.85 bits per heavy atom. The van der Waals surface area contributed by atoms with Gasteiger partial charge < -0.3 is 9.47 Å². The lowest BCUT2D eigenvalue weighted by Crippen LogP contribution is -2.38. The Balaban J connectivity index is 1.63. The first kappa shape index (κ1) is 13.7. The number of hydrogen-bond acceptors (Lipinski definition) is 2. The number of rotatable bonds is 3. The van der Waals surface area contributed by atoms with E-state index >= 15 is 0 Å². The van der Waals surface area contributed by atoms with E-state index in [1.807, 2.05) is 4.90 Å². The van der Waals surface area contributed by atoms with E-state index in [2.05, 4.69) is 22.7 Å². The molecular formula is C16H25N3O. The van der Waals surface area contributed by atoms with Gasteiger partial charge in [-0.25, -0.2) is 4.98 Å². The fourth-order valence-corrected chi connectivity index (χ4v) is 3.55. The standard InChI is InChI=1S/C16H25N3O/c1-2-5-15(20)18-10-7-13(8-11-18)16-17-12-14-6-3-4-9-19(14)16/h12-13H,2-11H2,1H3. The Morgan fingerprint density at radius 1 is 1.30 bits per heavy atom. The van der Waals surface area contributed by atoms with E-state index in [1.165, 1.54) is 30.8 Å². The molecule has 110 valence electrons. The molecule has 0 bridgehead atoms. The molecule has 0 aromatic carbocycles. The van der Waals surface area contributed by atoms with Gasteiger partial charge >= 0.3 is 0 Å². The lowest BCUT2D eigenvalue weighted by Gasteiger charge is -2.32. The van der Waals surface area contributed by atoms with E-state index in [1.54, 1.807) is 0 Å². The van der Waals surface area contributed by atoms with Crippen LogP contribution in [0.15, 0.2) is 6.20 Å². The van der Waals surface area contributed by atoms with Gasteiger partial charge in [0.15, 0.2) is 0 Å². The number of likely N-dealkylation sites (tertiary alicyclic amines) is 1. The second-order valence-electron chi connectivity index (χ2n) is 6.12. The second kappa shape index (κ2) is 5.98. The predicted molar refractivity (Wildman–Crippen MR) is 78.6 cm³/mol. The maximum Gasteiger partial charge on any atom is 0.222 e. The Kier molecular flexibility index (Phi) is 4.08. The number of nitrogens with zero attached hydrogens (tertiary/aromatic N) is 3. The zero-order valence-corrected chi connectivity index (χ0v) is 12.5. The van der Waals surface area contributed by atoms with Crippen molar-refractivity contribution in [3.05, 3.63) is 17.7 Å². The second-order valence-corrected chi connectivity index (χ2v) is 6.12. The SMILES string of the molecule is CCCC(=O)N1CCC(c2ncc3n2CCCC3)CC1. The van der Waals surface area contributed by atoms with Gasteiger partial charge in [0.1, 0.15) is 5.82 Å². The van der Waals surface area contributed by atoms with E-state index in [9.17, 15) is 4.79 Å². The zero-order chi connectivity index (χ0) is 13.9. The van der Waals surface area contributed by atoms with Crippen LogP contribution in [0.3, 0.4) is 0 Å². The van der Waals surface area contributed by atoms with E-state index in [4.69, 9.17) is 0 Å². The molecule has 1 aromatic rings. The fraction of sp³-hybridized carbons (Fsp3) is 0.750. The van der Waals surface area contributed by atoms with Crippen molar-refractivity contribution in [2.24, 2.45) is 0 Å². The Hall–Kier alpha value is -1.32. The minimum atomic E-state index is 0.330. The summed E-state index contributed by atoms with van der Waals surface area (Å²) in [6, 6.07) is 0. The minimum Gasteiger partial charge on any atom is -0.343 e. The highest BCUT2D eigenvalue weighted by atomic mass is 16.2. The normalized spacial score (nSPS) is 19.9. The highest BCUT2D eigenvalue weighted by molar-refractivity contribution is 5.76. The maximum atomic E-state index is 11.9. The van der Waals surface area contributed by atoms with Crippen molar-refractivity contribution >= 4 is 5.91 Å². The Labute approximate surface area is 121 Å². The van der Waals surface area contributed by atoms with Crippen LogP contribution in [0.4, 0.5) is 0 Å². The van der Waals surface area contributed by atoms with Crippen molar-refractivity contribution in [1.82, 2.24) is 14.5 Å². The molecular weight excluding hydrogens is 250 g/mol. The molecule has 0 unspecified atom stereocenters. The molecule has 2 aliphatic heterocycles. The van der Waals surface area contributed by atoms with Crippen LogP contribution in [-0.2, 0) is 17.8 Å². The summed E-state index contributed by atoms with van der Waals surface area (Å²) in [6.07, 6.45) is 9.64. The molecule has 1 saturated heterocycles. The zero-order valence-electron chi connectivity index (χ0n) is 12.5. The molecule has 0 spiro atoms. The van der Waals surface area contributed by atoms with Crippen LogP contribution in [0.1, 0.15) is 62.9 Å².